The summed E-state index contributed by atoms with van der Waals surface area (Å²) in [5, 5.41) is 3.83. The van der Waals surface area contributed by atoms with Crippen LogP contribution < -0.4 is 10.0 Å². The van der Waals surface area contributed by atoms with Crippen LogP contribution in [0.3, 0.4) is 0 Å². The number of halogens is 2. The average molecular weight is 392 g/mol. The Morgan fingerprint density at radius 1 is 1.00 bits per heavy atom. The second-order valence-corrected chi connectivity index (χ2v) is 7.53. The predicted molar refractivity (Wildman–Crippen MR) is 100 cm³/mol. The molecule has 3 rings (SSSR count). The van der Waals surface area contributed by atoms with E-state index in [9.17, 15) is 12.8 Å². The highest BCUT2D eigenvalue weighted by atomic mass is 35.5. The van der Waals surface area contributed by atoms with E-state index < -0.39 is 15.8 Å². The summed E-state index contributed by atoms with van der Waals surface area (Å²) in [5.74, 6) is -0.339. The van der Waals surface area contributed by atoms with Crippen LogP contribution in [0.4, 0.5) is 15.9 Å². The summed E-state index contributed by atoms with van der Waals surface area (Å²) >= 11 is 6.10. The van der Waals surface area contributed by atoms with Crippen LogP contribution in [0, 0.1) is 5.82 Å². The van der Waals surface area contributed by atoms with Gasteiger partial charge in [0.05, 0.1) is 16.8 Å². The van der Waals surface area contributed by atoms with Crippen LogP contribution in [-0.2, 0) is 16.6 Å². The number of rotatable bonds is 6. The molecule has 8 heteroatoms. The molecule has 0 bridgehead atoms. The summed E-state index contributed by atoms with van der Waals surface area (Å²) in [5.41, 5.74) is 1.66. The zero-order valence-electron chi connectivity index (χ0n) is 13.5. The van der Waals surface area contributed by atoms with Crippen molar-refractivity contribution in [3.05, 3.63) is 83.3 Å². The number of hydrogen-bond acceptors (Lipinski definition) is 4. The van der Waals surface area contributed by atoms with E-state index in [4.69, 9.17) is 11.6 Å². The highest BCUT2D eigenvalue weighted by molar-refractivity contribution is 7.92. The lowest BCUT2D eigenvalue weighted by atomic mass is 10.2. The summed E-state index contributed by atoms with van der Waals surface area (Å²) in [6.07, 6.45) is 1.51. The molecule has 0 spiro atoms. The van der Waals surface area contributed by atoms with Crippen LogP contribution in [0.2, 0.25) is 5.02 Å². The zero-order chi connectivity index (χ0) is 18.6. The van der Waals surface area contributed by atoms with Crippen molar-refractivity contribution < 1.29 is 12.8 Å². The summed E-state index contributed by atoms with van der Waals surface area (Å²) in [6, 6.07) is 15.3. The molecular weight excluding hydrogens is 377 g/mol. The molecule has 1 heterocycles. The molecule has 2 aromatic carbocycles. The van der Waals surface area contributed by atoms with Crippen LogP contribution in [0.15, 0.2) is 71.8 Å². The van der Waals surface area contributed by atoms with Crippen LogP contribution in [0.5, 0.6) is 0 Å². The Hall–Kier alpha value is -2.64. The molecule has 0 saturated carbocycles. The van der Waals surface area contributed by atoms with E-state index in [1.807, 2.05) is 24.3 Å². The molecule has 0 aliphatic rings. The van der Waals surface area contributed by atoms with Crippen LogP contribution in [0.25, 0.3) is 0 Å². The number of pyridine rings is 1. The van der Waals surface area contributed by atoms with Crippen LogP contribution in [0.1, 0.15) is 5.56 Å². The van der Waals surface area contributed by atoms with Crippen LogP contribution >= 0.6 is 11.6 Å². The van der Waals surface area contributed by atoms with Gasteiger partial charge in [-0.1, -0.05) is 29.8 Å². The van der Waals surface area contributed by atoms with Crippen molar-refractivity contribution in [3.8, 4) is 0 Å². The SMILES string of the molecule is O=S(=O)(Nc1ccc(NCc2ccccc2Cl)cn1)c1ccc(F)cc1. The van der Waals surface area contributed by atoms with Crippen molar-refractivity contribution in [2.24, 2.45) is 0 Å². The van der Waals surface area contributed by atoms with Gasteiger partial charge in [-0.2, -0.15) is 0 Å². The third kappa shape index (κ3) is 4.50. The number of anilines is 2. The maximum absolute atomic E-state index is 12.9. The van der Waals surface area contributed by atoms with Gasteiger partial charge in [0.1, 0.15) is 11.6 Å². The molecule has 26 heavy (non-hydrogen) atoms. The lowest BCUT2D eigenvalue weighted by Gasteiger charge is -2.10. The van der Waals surface area contributed by atoms with E-state index in [0.717, 1.165) is 23.4 Å². The van der Waals surface area contributed by atoms with Gasteiger partial charge < -0.3 is 5.32 Å². The van der Waals surface area contributed by atoms with Gasteiger partial charge in [-0.15, -0.1) is 0 Å². The van der Waals surface area contributed by atoms with Gasteiger partial charge in [0.25, 0.3) is 10.0 Å². The standard InChI is InChI=1S/C18H15ClFN3O2S/c19-17-4-2-1-3-13(17)11-21-15-7-10-18(22-12-15)23-26(24,25)16-8-5-14(20)6-9-16/h1-10,12,21H,11H2,(H,22,23). The normalized spacial score (nSPS) is 11.2. The Labute approximate surface area is 155 Å². The van der Waals surface area contributed by atoms with Crippen molar-refractivity contribution in [2.45, 2.75) is 11.4 Å². The quantitative estimate of drug-likeness (QED) is 0.657. The second kappa shape index (κ2) is 7.72. The number of hydrogen-bond donors (Lipinski definition) is 2. The van der Waals surface area contributed by atoms with Gasteiger partial charge in [-0.25, -0.2) is 17.8 Å². The number of benzene rings is 2. The van der Waals surface area contributed by atoms with Crippen molar-refractivity contribution in [1.29, 1.82) is 0 Å². The molecular formula is C18H15ClFN3O2S. The molecule has 0 radical (unpaired) electrons. The van der Waals surface area contributed by atoms with Crippen molar-refractivity contribution in [3.63, 3.8) is 0 Å². The van der Waals surface area contributed by atoms with E-state index in [2.05, 4.69) is 15.0 Å². The van der Waals surface area contributed by atoms with Gasteiger partial charge >= 0.3 is 0 Å². The largest absolute Gasteiger partial charge is 0.380 e. The van der Waals surface area contributed by atoms with Gasteiger partial charge in [-0.05, 0) is 48.0 Å². The summed E-state index contributed by atoms with van der Waals surface area (Å²) < 4.78 is 39.8. The lowest BCUT2D eigenvalue weighted by molar-refractivity contribution is 0.599. The number of nitrogens with zero attached hydrogens (tertiary/aromatic N) is 1. The van der Waals surface area contributed by atoms with E-state index in [1.54, 1.807) is 6.07 Å². The lowest BCUT2D eigenvalue weighted by Crippen LogP contribution is -2.14. The average Bonchev–Trinajstić information content (AvgIpc) is 2.62. The molecule has 0 amide bonds. The van der Waals surface area contributed by atoms with Gasteiger partial charge in [-0.3, -0.25) is 4.72 Å². The minimum atomic E-state index is -3.82. The first-order valence-electron chi connectivity index (χ1n) is 7.66. The molecule has 2 N–H and O–H groups in total. The third-order valence-electron chi connectivity index (χ3n) is 3.57. The van der Waals surface area contributed by atoms with Crippen molar-refractivity contribution in [2.75, 3.05) is 10.0 Å². The molecule has 0 aliphatic heterocycles. The Kier molecular flexibility index (Phi) is 5.39. The molecule has 134 valence electrons. The number of nitrogens with one attached hydrogen (secondary N) is 2. The van der Waals surface area contributed by atoms with E-state index in [0.29, 0.717) is 11.6 Å². The molecule has 5 nitrogen and oxygen atoms in total. The first kappa shape index (κ1) is 18.2. The topological polar surface area (TPSA) is 71.1 Å². The summed E-state index contributed by atoms with van der Waals surface area (Å²) in [6.45, 7) is 0.516. The molecule has 0 fully saturated rings. The molecule has 1 aromatic heterocycles. The fraction of sp³-hybridized carbons (Fsp3) is 0.0556. The Balaban J connectivity index is 1.66. The summed E-state index contributed by atoms with van der Waals surface area (Å²) in [4.78, 5) is 4.04. The van der Waals surface area contributed by atoms with Gasteiger partial charge in [0.2, 0.25) is 0 Å². The maximum atomic E-state index is 12.9. The molecule has 0 saturated heterocycles. The summed E-state index contributed by atoms with van der Waals surface area (Å²) in [7, 11) is -3.82. The maximum Gasteiger partial charge on any atom is 0.263 e. The first-order chi connectivity index (χ1) is 12.4. The minimum Gasteiger partial charge on any atom is -0.380 e. The van der Waals surface area contributed by atoms with E-state index >= 15 is 0 Å². The van der Waals surface area contributed by atoms with Crippen molar-refractivity contribution >= 4 is 33.1 Å². The van der Waals surface area contributed by atoms with Gasteiger partial charge in [0, 0.05) is 11.6 Å². The van der Waals surface area contributed by atoms with E-state index in [1.165, 1.54) is 24.4 Å². The van der Waals surface area contributed by atoms with Gasteiger partial charge in [0.15, 0.2) is 0 Å². The first-order valence-corrected chi connectivity index (χ1v) is 9.52. The zero-order valence-corrected chi connectivity index (χ0v) is 15.1. The molecule has 0 unspecified atom stereocenters. The minimum absolute atomic E-state index is 0.0402. The Morgan fingerprint density at radius 3 is 2.38 bits per heavy atom. The fourth-order valence-electron chi connectivity index (χ4n) is 2.21. The molecule has 0 atom stereocenters. The second-order valence-electron chi connectivity index (χ2n) is 5.44. The Morgan fingerprint density at radius 2 is 1.73 bits per heavy atom. The molecule has 0 aliphatic carbocycles. The highest BCUT2D eigenvalue weighted by Crippen LogP contribution is 2.19. The van der Waals surface area contributed by atoms with Crippen LogP contribution in [-0.4, -0.2) is 13.4 Å². The van der Waals surface area contributed by atoms with E-state index in [-0.39, 0.29) is 10.7 Å². The number of sulfonamides is 1. The fourth-order valence-corrected chi connectivity index (χ4v) is 3.42. The smallest absolute Gasteiger partial charge is 0.263 e. The highest BCUT2D eigenvalue weighted by Gasteiger charge is 2.14. The molecule has 3 aromatic rings. The number of aromatic nitrogens is 1. The third-order valence-corrected chi connectivity index (χ3v) is 5.31. The Bertz CT molecular complexity index is 994. The predicted octanol–water partition coefficient (Wildman–Crippen LogP) is 4.29. The monoisotopic (exact) mass is 391 g/mol. The van der Waals surface area contributed by atoms with Crippen molar-refractivity contribution in [1.82, 2.24) is 4.98 Å².